The molecular formula is C20H17Cl2NO2. The number of hydrogen-bond donors (Lipinski definition) is 0. The van der Waals surface area contributed by atoms with Crippen LogP contribution in [-0.2, 0) is 16.0 Å². The van der Waals surface area contributed by atoms with Gasteiger partial charge in [-0.3, -0.25) is 14.5 Å². The molecule has 3 rings (SSSR count). The summed E-state index contributed by atoms with van der Waals surface area (Å²) >= 11 is 12.1. The molecule has 5 heteroatoms. The molecule has 0 aliphatic carbocycles. The van der Waals surface area contributed by atoms with Crippen LogP contribution in [0.25, 0.3) is 5.57 Å². The van der Waals surface area contributed by atoms with E-state index in [0.717, 1.165) is 16.7 Å². The van der Waals surface area contributed by atoms with Crippen molar-refractivity contribution in [1.82, 2.24) is 4.90 Å². The third-order valence-corrected chi connectivity index (χ3v) is 4.90. The Hall–Kier alpha value is -2.10. The maximum atomic E-state index is 12.8. The zero-order chi connectivity index (χ0) is 18.1. The van der Waals surface area contributed by atoms with Crippen LogP contribution in [0.2, 0.25) is 5.02 Å². The molecule has 1 heterocycles. The van der Waals surface area contributed by atoms with Gasteiger partial charge in [-0.1, -0.05) is 59.1 Å². The molecule has 0 atom stereocenters. The Kier molecular flexibility index (Phi) is 4.98. The van der Waals surface area contributed by atoms with E-state index in [1.165, 1.54) is 4.90 Å². The Morgan fingerprint density at radius 3 is 2.24 bits per heavy atom. The van der Waals surface area contributed by atoms with E-state index in [-0.39, 0.29) is 17.5 Å². The fraction of sp³-hybridized carbons (Fsp3) is 0.200. The van der Waals surface area contributed by atoms with Gasteiger partial charge < -0.3 is 0 Å². The van der Waals surface area contributed by atoms with Crippen molar-refractivity contribution in [1.29, 1.82) is 0 Å². The van der Waals surface area contributed by atoms with Gasteiger partial charge in [0.1, 0.15) is 5.03 Å². The lowest BCUT2D eigenvalue weighted by Gasteiger charge is -2.15. The molecule has 0 radical (unpaired) electrons. The van der Waals surface area contributed by atoms with E-state index >= 15 is 0 Å². The summed E-state index contributed by atoms with van der Waals surface area (Å²) in [5.41, 5.74) is 4.02. The van der Waals surface area contributed by atoms with Crippen LogP contribution in [0.3, 0.4) is 0 Å². The second-order valence-corrected chi connectivity index (χ2v) is 6.96. The van der Waals surface area contributed by atoms with Crippen LogP contribution in [0.15, 0.2) is 47.5 Å². The standard InChI is InChI=1S/C20H17Cl2NO2/c1-12-3-8-16(13(2)11-12)17-18(22)20(25)23(19(17)24)10-9-14-4-6-15(21)7-5-14/h3-8,11H,9-10H2,1-2H3. The molecule has 0 saturated heterocycles. The summed E-state index contributed by atoms with van der Waals surface area (Å²) in [6, 6.07) is 13.1. The van der Waals surface area contributed by atoms with Crippen LogP contribution in [0, 0.1) is 13.8 Å². The molecule has 2 aromatic rings. The molecule has 1 aliphatic rings. The summed E-state index contributed by atoms with van der Waals surface area (Å²) in [6.45, 7) is 4.17. The number of carbonyl (C=O) groups is 2. The summed E-state index contributed by atoms with van der Waals surface area (Å²) in [5.74, 6) is -0.772. The molecule has 0 N–H and O–H groups in total. The molecule has 0 spiro atoms. The largest absolute Gasteiger partial charge is 0.273 e. The van der Waals surface area contributed by atoms with Gasteiger partial charge >= 0.3 is 0 Å². The van der Waals surface area contributed by atoms with Crippen molar-refractivity contribution in [3.8, 4) is 0 Å². The minimum atomic E-state index is -0.435. The average molecular weight is 374 g/mol. The number of carbonyl (C=O) groups excluding carboxylic acids is 2. The molecule has 0 aromatic heterocycles. The summed E-state index contributed by atoms with van der Waals surface area (Å²) in [4.78, 5) is 26.4. The molecule has 0 saturated carbocycles. The van der Waals surface area contributed by atoms with Crippen LogP contribution < -0.4 is 0 Å². The van der Waals surface area contributed by atoms with Crippen LogP contribution in [0.5, 0.6) is 0 Å². The van der Waals surface area contributed by atoms with Gasteiger partial charge in [-0.05, 0) is 49.1 Å². The number of imide groups is 1. The van der Waals surface area contributed by atoms with E-state index in [1.807, 2.05) is 44.2 Å². The zero-order valence-electron chi connectivity index (χ0n) is 14.0. The summed E-state index contributed by atoms with van der Waals surface area (Å²) in [6.07, 6.45) is 0.555. The Labute approximate surface area is 156 Å². The van der Waals surface area contributed by atoms with Crippen LogP contribution in [0.4, 0.5) is 0 Å². The van der Waals surface area contributed by atoms with Crippen molar-refractivity contribution in [2.45, 2.75) is 20.3 Å². The second kappa shape index (κ2) is 7.03. The molecule has 25 heavy (non-hydrogen) atoms. The zero-order valence-corrected chi connectivity index (χ0v) is 15.5. The van der Waals surface area contributed by atoms with Gasteiger partial charge in [-0.25, -0.2) is 0 Å². The van der Waals surface area contributed by atoms with Gasteiger partial charge in [0.05, 0.1) is 5.57 Å². The minimum Gasteiger partial charge on any atom is -0.273 e. The highest BCUT2D eigenvalue weighted by molar-refractivity contribution is 6.55. The molecule has 1 aliphatic heterocycles. The normalized spacial score (nSPS) is 14.6. The van der Waals surface area contributed by atoms with Crippen molar-refractivity contribution >= 4 is 40.6 Å². The molecule has 0 unspecified atom stereocenters. The highest BCUT2D eigenvalue weighted by Crippen LogP contribution is 2.33. The van der Waals surface area contributed by atoms with E-state index in [9.17, 15) is 9.59 Å². The monoisotopic (exact) mass is 373 g/mol. The Bertz CT molecular complexity index is 885. The van der Waals surface area contributed by atoms with Crippen molar-refractivity contribution in [3.63, 3.8) is 0 Å². The van der Waals surface area contributed by atoms with Crippen molar-refractivity contribution in [2.24, 2.45) is 0 Å². The number of benzene rings is 2. The first-order valence-electron chi connectivity index (χ1n) is 7.96. The quantitative estimate of drug-likeness (QED) is 0.738. The highest BCUT2D eigenvalue weighted by atomic mass is 35.5. The Morgan fingerprint density at radius 1 is 0.920 bits per heavy atom. The molecule has 0 bridgehead atoms. The predicted molar refractivity (Wildman–Crippen MR) is 101 cm³/mol. The molecule has 0 fully saturated rings. The van der Waals surface area contributed by atoms with E-state index in [4.69, 9.17) is 23.2 Å². The topological polar surface area (TPSA) is 37.4 Å². The number of amides is 2. The third kappa shape index (κ3) is 3.48. The van der Waals surface area contributed by atoms with Gasteiger partial charge in [0.25, 0.3) is 11.8 Å². The molecule has 2 aromatic carbocycles. The molecule has 3 nitrogen and oxygen atoms in total. The first-order valence-corrected chi connectivity index (χ1v) is 8.72. The number of nitrogens with zero attached hydrogens (tertiary/aromatic N) is 1. The maximum absolute atomic E-state index is 12.8. The summed E-state index contributed by atoms with van der Waals surface area (Å²) in [5, 5.41) is 0.645. The fourth-order valence-corrected chi connectivity index (χ4v) is 3.38. The predicted octanol–water partition coefficient (Wildman–Crippen LogP) is 4.52. The van der Waals surface area contributed by atoms with Crippen molar-refractivity contribution < 1.29 is 9.59 Å². The van der Waals surface area contributed by atoms with E-state index in [1.54, 1.807) is 12.1 Å². The number of aryl methyl sites for hydroxylation is 2. The van der Waals surface area contributed by atoms with E-state index in [0.29, 0.717) is 22.6 Å². The number of halogens is 2. The van der Waals surface area contributed by atoms with Crippen LogP contribution in [-0.4, -0.2) is 23.3 Å². The molecule has 2 amide bonds. The first kappa shape index (κ1) is 17.7. The summed E-state index contributed by atoms with van der Waals surface area (Å²) < 4.78 is 0. The lowest BCUT2D eigenvalue weighted by molar-refractivity contribution is -0.136. The van der Waals surface area contributed by atoms with E-state index < -0.39 is 5.91 Å². The van der Waals surface area contributed by atoms with Crippen LogP contribution in [0.1, 0.15) is 22.3 Å². The second-order valence-electron chi connectivity index (χ2n) is 6.15. The Balaban J connectivity index is 1.82. The molecular weight excluding hydrogens is 357 g/mol. The summed E-state index contributed by atoms with van der Waals surface area (Å²) in [7, 11) is 0. The SMILES string of the molecule is Cc1ccc(C2=C(Cl)C(=O)N(CCc3ccc(Cl)cc3)C2=O)c(C)c1. The van der Waals surface area contributed by atoms with Gasteiger partial charge in [-0.15, -0.1) is 0 Å². The third-order valence-electron chi connectivity index (χ3n) is 4.30. The molecule has 128 valence electrons. The average Bonchev–Trinajstić information content (AvgIpc) is 2.78. The fourth-order valence-electron chi connectivity index (χ4n) is 2.97. The first-order chi connectivity index (χ1) is 11.9. The lowest BCUT2D eigenvalue weighted by atomic mass is 9.99. The Morgan fingerprint density at radius 2 is 1.60 bits per heavy atom. The number of rotatable bonds is 4. The van der Waals surface area contributed by atoms with Crippen LogP contribution >= 0.6 is 23.2 Å². The number of hydrogen-bond acceptors (Lipinski definition) is 2. The van der Waals surface area contributed by atoms with Crippen molar-refractivity contribution in [3.05, 3.63) is 74.8 Å². The smallest absolute Gasteiger partial charge is 0.273 e. The van der Waals surface area contributed by atoms with Gasteiger partial charge in [-0.2, -0.15) is 0 Å². The van der Waals surface area contributed by atoms with Gasteiger partial charge in [0.2, 0.25) is 0 Å². The van der Waals surface area contributed by atoms with Crippen molar-refractivity contribution in [2.75, 3.05) is 6.54 Å². The van der Waals surface area contributed by atoms with E-state index in [2.05, 4.69) is 0 Å². The highest BCUT2D eigenvalue weighted by Gasteiger charge is 2.38. The lowest BCUT2D eigenvalue weighted by Crippen LogP contribution is -2.33. The van der Waals surface area contributed by atoms with Gasteiger partial charge in [0, 0.05) is 11.6 Å². The van der Waals surface area contributed by atoms with Gasteiger partial charge in [0.15, 0.2) is 0 Å². The maximum Gasteiger partial charge on any atom is 0.273 e. The minimum absolute atomic E-state index is 0.00643.